The van der Waals surface area contributed by atoms with Crippen molar-refractivity contribution in [1.82, 2.24) is 10.6 Å². The maximum Gasteiger partial charge on any atom is 0.314 e. The van der Waals surface area contributed by atoms with E-state index in [1.54, 1.807) is 7.05 Å². The summed E-state index contributed by atoms with van der Waals surface area (Å²) in [4.78, 5) is 11.2. The minimum Gasteiger partial charge on any atom is -0.392 e. The fraction of sp³-hybridized carbons (Fsp3) is 0.929. The molecule has 0 aromatic heterocycles. The standard InChI is InChI=1S/C14H30N2O2/c1-5-8-9-11(6-2)13(17)12(7-3)10-16-14(18)15-4/h11-13,17H,5-10H2,1-4H3,(H2,15,16,18). The molecule has 2 amide bonds. The second-order valence-corrected chi connectivity index (χ2v) is 4.93. The molecule has 0 bridgehead atoms. The summed E-state index contributed by atoms with van der Waals surface area (Å²) < 4.78 is 0. The summed E-state index contributed by atoms with van der Waals surface area (Å²) in [6.07, 6.45) is 4.96. The molecule has 3 N–H and O–H groups in total. The quantitative estimate of drug-likeness (QED) is 0.595. The van der Waals surface area contributed by atoms with Crippen LogP contribution < -0.4 is 10.6 Å². The molecular weight excluding hydrogens is 228 g/mol. The first-order valence-electron chi connectivity index (χ1n) is 7.24. The maximum atomic E-state index is 11.2. The van der Waals surface area contributed by atoms with Crippen molar-refractivity contribution >= 4 is 6.03 Å². The van der Waals surface area contributed by atoms with Crippen molar-refractivity contribution in [2.24, 2.45) is 11.8 Å². The van der Waals surface area contributed by atoms with E-state index in [9.17, 15) is 9.90 Å². The normalized spacial score (nSPS) is 15.8. The molecule has 0 aliphatic rings. The molecular formula is C14H30N2O2. The van der Waals surface area contributed by atoms with Crippen molar-refractivity contribution in [1.29, 1.82) is 0 Å². The molecule has 4 heteroatoms. The Morgan fingerprint density at radius 1 is 1.17 bits per heavy atom. The lowest BCUT2D eigenvalue weighted by Gasteiger charge is -2.29. The molecule has 4 nitrogen and oxygen atoms in total. The van der Waals surface area contributed by atoms with E-state index in [0.29, 0.717) is 12.5 Å². The zero-order valence-electron chi connectivity index (χ0n) is 12.3. The van der Waals surface area contributed by atoms with Gasteiger partial charge in [0.2, 0.25) is 0 Å². The Labute approximate surface area is 112 Å². The minimum atomic E-state index is -0.316. The van der Waals surface area contributed by atoms with Gasteiger partial charge >= 0.3 is 6.03 Å². The number of hydrogen-bond acceptors (Lipinski definition) is 2. The number of hydrogen-bond donors (Lipinski definition) is 3. The van der Waals surface area contributed by atoms with E-state index in [1.165, 1.54) is 0 Å². The van der Waals surface area contributed by atoms with Crippen LogP contribution in [0.15, 0.2) is 0 Å². The van der Waals surface area contributed by atoms with Gasteiger partial charge in [-0.1, -0.05) is 40.0 Å². The first-order valence-corrected chi connectivity index (χ1v) is 7.24. The van der Waals surface area contributed by atoms with E-state index in [1.807, 2.05) is 0 Å². The predicted octanol–water partition coefficient (Wildman–Crippen LogP) is 2.52. The van der Waals surface area contributed by atoms with Crippen LogP contribution in [-0.2, 0) is 0 Å². The van der Waals surface area contributed by atoms with Crippen molar-refractivity contribution in [3.8, 4) is 0 Å². The van der Waals surface area contributed by atoms with Gasteiger partial charge in [-0.05, 0) is 18.8 Å². The molecule has 108 valence electrons. The van der Waals surface area contributed by atoms with E-state index in [-0.39, 0.29) is 18.1 Å². The van der Waals surface area contributed by atoms with Crippen molar-refractivity contribution < 1.29 is 9.90 Å². The number of amides is 2. The smallest absolute Gasteiger partial charge is 0.314 e. The number of aliphatic hydroxyl groups is 1. The fourth-order valence-electron chi connectivity index (χ4n) is 2.29. The zero-order chi connectivity index (χ0) is 14.0. The molecule has 0 heterocycles. The highest BCUT2D eigenvalue weighted by molar-refractivity contribution is 5.73. The van der Waals surface area contributed by atoms with Crippen LogP contribution in [0, 0.1) is 11.8 Å². The van der Waals surface area contributed by atoms with Crippen LogP contribution in [0.5, 0.6) is 0 Å². The fourth-order valence-corrected chi connectivity index (χ4v) is 2.29. The zero-order valence-corrected chi connectivity index (χ0v) is 12.3. The Balaban J connectivity index is 4.28. The lowest BCUT2D eigenvalue weighted by molar-refractivity contribution is 0.0425. The lowest BCUT2D eigenvalue weighted by atomic mass is 9.84. The highest BCUT2D eigenvalue weighted by Gasteiger charge is 2.25. The summed E-state index contributed by atoms with van der Waals surface area (Å²) in [7, 11) is 1.60. The topological polar surface area (TPSA) is 61.4 Å². The third-order valence-electron chi connectivity index (χ3n) is 3.70. The number of unbranched alkanes of at least 4 members (excludes halogenated alkanes) is 1. The molecule has 0 saturated carbocycles. The summed E-state index contributed by atoms with van der Waals surface area (Å²) >= 11 is 0. The third-order valence-corrected chi connectivity index (χ3v) is 3.70. The van der Waals surface area contributed by atoms with Crippen LogP contribution in [0.1, 0.15) is 52.9 Å². The lowest BCUT2D eigenvalue weighted by Crippen LogP contribution is -2.41. The van der Waals surface area contributed by atoms with Gasteiger partial charge in [-0.25, -0.2) is 4.79 Å². The summed E-state index contributed by atoms with van der Waals surface area (Å²) in [5.41, 5.74) is 0. The van der Waals surface area contributed by atoms with Crippen LogP contribution in [-0.4, -0.2) is 30.8 Å². The van der Waals surface area contributed by atoms with E-state index in [2.05, 4.69) is 31.4 Å². The molecule has 0 aliphatic heterocycles. The Bertz CT molecular complexity index is 222. The van der Waals surface area contributed by atoms with Crippen LogP contribution in [0.2, 0.25) is 0 Å². The summed E-state index contributed by atoms with van der Waals surface area (Å²) in [5.74, 6) is 0.491. The Kier molecular flexibility index (Phi) is 9.74. The largest absolute Gasteiger partial charge is 0.392 e. The van der Waals surface area contributed by atoms with Crippen LogP contribution >= 0.6 is 0 Å². The van der Waals surface area contributed by atoms with Gasteiger partial charge in [0.05, 0.1) is 6.10 Å². The monoisotopic (exact) mass is 258 g/mol. The predicted molar refractivity (Wildman–Crippen MR) is 75.6 cm³/mol. The highest BCUT2D eigenvalue weighted by atomic mass is 16.3. The first-order chi connectivity index (χ1) is 8.60. The Morgan fingerprint density at radius 2 is 1.78 bits per heavy atom. The van der Waals surface area contributed by atoms with E-state index in [0.717, 1.165) is 32.1 Å². The van der Waals surface area contributed by atoms with Crippen molar-refractivity contribution in [2.45, 2.75) is 59.0 Å². The number of nitrogens with one attached hydrogen (secondary N) is 2. The molecule has 0 rings (SSSR count). The molecule has 0 fully saturated rings. The van der Waals surface area contributed by atoms with Gasteiger partial charge in [0.1, 0.15) is 0 Å². The van der Waals surface area contributed by atoms with Gasteiger partial charge in [-0.2, -0.15) is 0 Å². The van der Waals surface area contributed by atoms with Gasteiger partial charge < -0.3 is 15.7 Å². The molecule has 0 aromatic carbocycles. The van der Waals surface area contributed by atoms with Crippen molar-refractivity contribution in [3.63, 3.8) is 0 Å². The number of rotatable bonds is 9. The van der Waals surface area contributed by atoms with E-state index in [4.69, 9.17) is 0 Å². The third kappa shape index (κ3) is 6.24. The number of carbonyl (C=O) groups excluding carboxylic acids is 1. The number of carbonyl (C=O) groups is 1. The van der Waals surface area contributed by atoms with Crippen LogP contribution in [0.3, 0.4) is 0 Å². The first kappa shape index (κ1) is 17.2. The number of aliphatic hydroxyl groups excluding tert-OH is 1. The summed E-state index contributed by atoms with van der Waals surface area (Å²) in [5, 5.41) is 15.7. The molecule has 0 saturated heterocycles. The van der Waals surface area contributed by atoms with Gasteiger partial charge in [0, 0.05) is 19.5 Å². The molecule has 0 spiro atoms. The van der Waals surface area contributed by atoms with Crippen LogP contribution in [0.4, 0.5) is 4.79 Å². The second kappa shape index (κ2) is 10.2. The summed E-state index contributed by atoms with van der Waals surface area (Å²) in [6, 6.07) is -0.178. The number of urea groups is 1. The maximum absolute atomic E-state index is 11.2. The SMILES string of the molecule is CCCCC(CC)C(O)C(CC)CNC(=O)NC. The van der Waals surface area contributed by atoms with Gasteiger partial charge in [-0.3, -0.25) is 0 Å². The average molecular weight is 258 g/mol. The van der Waals surface area contributed by atoms with Crippen molar-refractivity contribution in [2.75, 3.05) is 13.6 Å². The average Bonchev–Trinajstić information content (AvgIpc) is 2.39. The molecule has 18 heavy (non-hydrogen) atoms. The second-order valence-electron chi connectivity index (χ2n) is 4.93. The molecule has 0 aromatic rings. The molecule has 3 atom stereocenters. The highest BCUT2D eigenvalue weighted by Crippen LogP contribution is 2.23. The van der Waals surface area contributed by atoms with Gasteiger partial charge in [-0.15, -0.1) is 0 Å². The summed E-state index contributed by atoms with van der Waals surface area (Å²) in [6.45, 7) is 6.90. The van der Waals surface area contributed by atoms with Gasteiger partial charge in [0.15, 0.2) is 0 Å². The molecule has 3 unspecified atom stereocenters. The van der Waals surface area contributed by atoms with Gasteiger partial charge in [0.25, 0.3) is 0 Å². The Hall–Kier alpha value is -0.770. The van der Waals surface area contributed by atoms with Crippen LogP contribution in [0.25, 0.3) is 0 Å². The molecule has 0 aliphatic carbocycles. The van der Waals surface area contributed by atoms with E-state index < -0.39 is 0 Å². The van der Waals surface area contributed by atoms with E-state index >= 15 is 0 Å². The Morgan fingerprint density at radius 3 is 2.22 bits per heavy atom. The minimum absolute atomic E-state index is 0.143. The molecule has 0 radical (unpaired) electrons. The van der Waals surface area contributed by atoms with Crippen molar-refractivity contribution in [3.05, 3.63) is 0 Å².